The molecule has 0 aliphatic carbocycles. The fourth-order valence-corrected chi connectivity index (χ4v) is 3.88. The van der Waals surface area contributed by atoms with Crippen LogP contribution in [0.3, 0.4) is 0 Å². The van der Waals surface area contributed by atoms with E-state index in [-0.39, 0.29) is 17.9 Å². The van der Waals surface area contributed by atoms with Crippen LogP contribution < -0.4 is 5.32 Å². The number of likely N-dealkylation sites (tertiary alicyclic amines) is 1. The Bertz CT molecular complexity index is 689. The molecule has 6 heteroatoms. The largest absolute Gasteiger partial charge is 0.472 e. The first-order valence-electron chi connectivity index (χ1n) is 8.83. The molecule has 2 fully saturated rings. The average molecular weight is 341 g/mol. The number of ether oxygens (including phenoxy) is 1. The standard InChI is InChI=1S/C19H23N3O3/c23-19(21-10-14-2-1-5-20-9-14)16-8-18-17(4-7-25-18)22(12-16)11-15-3-6-24-13-15/h1-3,5-6,9,13,16-18H,4,7-8,10-12H2,(H,21,23)/t16-,17-,18-/m0/s1. The van der Waals surface area contributed by atoms with Gasteiger partial charge in [-0.05, 0) is 30.5 Å². The van der Waals surface area contributed by atoms with Crippen LogP contribution in [0.25, 0.3) is 0 Å². The van der Waals surface area contributed by atoms with Gasteiger partial charge in [-0.25, -0.2) is 0 Å². The molecule has 0 bridgehead atoms. The Morgan fingerprint density at radius 3 is 3.12 bits per heavy atom. The molecular formula is C19H23N3O3. The third-order valence-electron chi connectivity index (χ3n) is 5.14. The second-order valence-electron chi connectivity index (χ2n) is 6.84. The van der Waals surface area contributed by atoms with E-state index in [2.05, 4.69) is 15.2 Å². The van der Waals surface area contributed by atoms with E-state index in [1.54, 1.807) is 24.9 Å². The summed E-state index contributed by atoms with van der Waals surface area (Å²) in [5.74, 6) is 0.0397. The van der Waals surface area contributed by atoms with Crippen molar-refractivity contribution in [2.45, 2.75) is 38.1 Å². The van der Waals surface area contributed by atoms with Crippen molar-refractivity contribution in [2.24, 2.45) is 5.92 Å². The molecule has 6 nitrogen and oxygen atoms in total. The van der Waals surface area contributed by atoms with Crippen LogP contribution in [-0.4, -0.2) is 41.1 Å². The highest BCUT2D eigenvalue weighted by atomic mass is 16.5. The van der Waals surface area contributed by atoms with Gasteiger partial charge in [0.2, 0.25) is 5.91 Å². The zero-order chi connectivity index (χ0) is 17.1. The summed E-state index contributed by atoms with van der Waals surface area (Å²) in [6.45, 7) is 2.85. The molecule has 1 N–H and O–H groups in total. The highest BCUT2D eigenvalue weighted by Crippen LogP contribution is 2.32. The molecule has 2 aromatic rings. The van der Waals surface area contributed by atoms with E-state index in [1.165, 1.54) is 0 Å². The average Bonchev–Trinajstić information content (AvgIpc) is 3.32. The van der Waals surface area contributed by atoms with Crippen molar-refractivity contribution in [1.29, 1.82) is 0 Å². The summed E-state index contributed by atoms with van der Waals surface area (Å²) >= 11 is 0. The van der Waals surface area contributed by atoms with Gasteiger partial charge in [-0.1, -0.05) is 6.07 Å². The summed E-state index contributed by atoms with van der Waals surface area (Å²) < 4.78 is 11.1. The van der Waals surface area contributed by atoms with E-state index >= 15 is 0 Å². The number of carbonyl (C=O) groups excluding carboxylic acids is 1. The Labute approximate surface area is 147 Å². The number of aromatic nitrogens is 1. The smallest absolute Gasteiger partial charge is 0.224 e. The van der Waals surface area contributed by atoms with Crippen LogP contribution >= 0.6 is 0 Å². The lowest BCUT2D eigenvalue weighted by Gasteiger charge is -2.40. The molecule has 0 radical (unpaired) electrons. The number of furan rings is 1. The van der Waals surface area contributed by atoms with E-state index in [0.717, 1.165) is 43.7 Å². The third-order valence-corrected chi connectivity index (χ3v) is 5.14. The third kappa shape index (κ3) is 3.75. The van der Waals surface area contributed by atoms with Crippen molar-refractivity contribution >= 4 is 5.91 Å². The molecule has 3 atom stereocenters. The number of carbonyl (C=O) groups is 1. The van der Waals surface area contributed by atoms with Gasteiger partial charge < -0.3 is 14.5 Å². The summed E-state index contributed by atoms with van der Waals surface area (Å²) in [4.78, 5) is 19.1. The van der Waals surface area contributed by atoms with Gasteiger partial charge in [0.1, 0.15) is 0 Å². The van der Waals surface area contributed by atoms with E-state index in [9.17, 15) is 4.79 Å². The van der Waals surface area contributed by atoms with Gasteiger partial charge in [-0.2, -0.15) is 0 Å². The van der Waals surface area contributed by atoms with Crippen LogP contribution in [-0.2, 0) is 22.6 Å². The Morgan fingerprint density at radius 1 is 1.36 bits per heavy atom. The number of hydrogen-bond donors (Lipinski definition) is 1. The fourth-order valence-electron chi connectivity index (χ4n) is 3.88. The van der Waals surface area contributed by atoms with Crippen LogP contribution in [0.2, 0.25) is 0 Å². The van der Waals surface area contributed by atoms with Crippen molar-refractivity contribution in [3.05, 3.63) is 54.2 Å². The number of pyridine rings is 1. The van der Waals surface area contributed by atoms with Crippen LogP contribution in [0.5, 0.6) is 0 Å². The predicted octanol–water partition coefficient (Wildman–Crippen LogP) is 1.97. The van der Waals surface area contributed by atoms with Crippen molar-refractivity contribution < 1.29 is 13.9 Å². The van der Waals surface area contributed by atoms with Crippen molar-refractivity contribution in [1.82, 2.24) is 15.2 Å². The Hall–Kier alpha value is -2.18. The Kier molecular flexibility index (Phi) is 4.81. The van der Waals surface area contributed by atoms with Gasteiger partial charge in [0.25, 0.3) is 0 Å². The molecule has 4 heterocycles. The number of fused-ring (bicyclic) bond motifs is 1. The zero-order valence-corrected chi connectivity index (χ0v) is 14.1. The van der Waals surface area contributed by atoms with E-state index in [4.69, 9.17) is 9.15 Å². The van der Waals surface area contributed by atoms with Crippen molar-refractivity contribution in [2.75, 3.05) is 13.2 Å². The van der Waals surface area contributed by atoms with Crippen LogP contribution in [0.1, 0.15) is 24.0 Å². The molecule has 2 saturated heterocycles. The second kappa shape index (κ2) is 7.37. The molecule has 0 saturated carbocycles. The zero-order valence-electron chi connectivity index (χ0n) is 14.1. The van der Waals surface area contributed by atoms with Gasteiger partial charge in [0.05, 0.1) is 24.5 Å². The summed E-state index contributed by atoms with van der Waals surface area (Å²) in [6.07, 6.45) is 8.96. The van der Waals surface area contributed by atoms with Gasteiger partial charge in [0, 0.05) is 50.2 Å². The number of nitrogens with zero attached hydrogens (tertiary/aromatic N) is 2. The Balaban J connectivity index is 1.40. The maximum absolute atomic E-state index is 12.7. The molecule has 1 amide bonds. The first kappa shape index (κ1) is 16.3. The summed E-state index contributed by atoms with van der Waals surface area (Å²) in [5, 5.41) is 3.05. The molecule has 0 aromatic carbocycles. The fraction of sp³-hybridized carbons (Fsp3) is 0.474. The first-order chi connectivity index (χ1) is 12.3. The molecule has 25 heavy (non-hydrogen) atoms. The molecule has 0 spiro atoms. The summed E-state index contributed by atoms with van der Waals surface area (Å²) in [5.41, 5.74) is 2.15. The maximum Gasteiger partial charge on any atom is 0.224 e. The number of nitrogens with one attached hydrogen (secondary N) is 1. The lowest BCUT2D eigenvalue weighted by Crippen LogP contribution is -2.52. The van der Waals surface area contributed by atoms with E-state index < -0.39 is 0 Å². The molecule has 0 unspecified atom stereocenters. The monoisotopic (exact) mass is 341 g/mol. The quantitative estimate of drug-likeness (QED) is 0.901. The predicted molar refractivity (Wildman–Crippen MR) is 91.5 cm³/mol. The number of piperidine rings is 1. The molecule has 4 rings (SSSR count). The van der Waals surface area contributed by atoms with Crippen LogP contribution in [0.4, 0.5) is 0 Å². The minimum Gasteiger partial charge on any atom is -0.472 e. The molecule has 2 aliphatic rings. The van der Waals surface area contributed by atoms with Crippen LogP contribution in [0, 0.1) is 5.92 Å². The highest BCUT2D eigenvalue weighted by molar-refractivity contribution is 5.79. The van der Waals surface area contributed by atoms with E-state index in [0.29, 0.717) is 12.6 Å². The molecule has 2 aliphatic heterocycles. The van der Waals surface area contributed by atoms with E-state index in [1.807, 2.05) is 18.2 Å². The normalized spacial score (nSPS) is 26.3. The molecule has 2 aromatic heterocycles. The summed E-state index contributed by atoms with van der Waals surface area (Å²) in [7, 11) is 0. The molecular weight excluding hydrogens is 318 g/mol. The number of amides is 1. The SMILES string of the molecule is O=C(NCc1cccnc1)[C@H]1C[C@@H]2OCC[C@@H]2N(Cc2ccoc2)C1. The Morgan fingerprint density at radius 2 is 2.32 bits per heavy atom. The van der Waals surface area contributed by atoms with Crippen LogP contribution in [0.15, 0.2) is 47.5 Å². The first-order valence-corrected chi connectivity index (χ1v) is 8.83. The van der Waals surface area contributed by atoms with Gasteiger partial charge in [-0.15, -0.1) is 0 Å². The van der Waals surface area contributed by atoms with Crippen molar-refractivity contribution in [3.63, 3.8) is 0 Å². The highest BCUT2D eigenvalue weighted by Gasteiger charge is 2.42. The lowest BCUT2D eigenvalue weighted by molar-refractivity contribution is -0.130. The number of rotatable bonds is 5. The number of hydrogen-bond acceptors (Lipinski definition) is 5. The van der Waals surface area contributed by atoms with Crippen molar-refractivity contribution in [3.8, 4) is 0 Å². The minimum absolute atomic E-state index is 0.0528. The maximum atomic E-state index is 12.7. The van der Waals surface area contributed by atoms with Gasteiger partial charge in [0.15, 0.2) is 0 Å². The van der Waals surface area contributed by atoms with Gasteiger partial charge in [-0.3, -0.25) is 14.7 Å². The second-order valence-corrected chi connectivity index (χ2v) is 6.84. The summed E-state index contributed by atoms with van der Waals surface area (Å²) in [6, 6.07) is 6.23. The lowest BCUT2D eigenvalue weighted by atomic mass is 9.89. The molecule has 132 valence electrons. The van der Waals surface area contributed by atoms with Gasteiger partial charge >= 0.3 is 0 Å². The topological polar surface area (TPSA) is 67.6 Å². The minimum atomic E-state index is -0.0528.